The van der Waals surface area contributed by atoms with E-state index in [2.05, 4.69) is 9.98 Å². The van der Waals surface area contributed by atoms with Gasteiger partial charge in [-0.25, -0.2) is 14.8 Å². The summed E-state index contributed by atoms with van der Waals surface area (Å²) in [5, 5.41) is 1.61. The number of esters is 1. The first-order valence-corrected chi connectivity index (χ1v) is 8.13. The van der Waals surface area contributed by atoms with Gasteiger partial charge in [0.15, 0.2) is 10.8 Å². The van der Waals surface area contributed by atoms with Crippen molar-refractivity contribution in [3.63, 3.8) is 0 Å². The van der Waals surface area contributed by atoms with Gasteiger partial charge < -0.3 is 9.64 Å². The van der Waals surface area contributed by atoms with E-state index in [-0.39, 0.29) is 11.6 Å². The van der Waals surface area contributed by atoms with E-state index in [4.69, 9.17) is 27.9 Å². The molecule has 0 radical (unpaired) electrons. The molecule has 0 bridgehead atoms. The number of benzene rings is 1. The first-order valence-electron chi connectivity index (χ1n) is 6.56. The zero-order valence-electron chi connectivity index (χ0n) is 12.2. The van der Waals surface area contributed by atoms with E-state index in [9.17, 15) is 4.79 Å². The van der Waals surface area contributed by atoms with Gasteiger partial charge in [-0.15, -0.1) is 0 Å². The maximum atomic E-state index is 12.0. The Kier molecular flexibility index (Phi) is 4.39. The summed E-state index contributed by atoms with van der Waals surface area (Å²) >= 11 is 13.4. The Balaban J connectivity index is 1.95. The number of nitrogens with zero attached hydrogens (tertiary/aromatic N) is 3. The van der Waals surface area contributed by atoms with Gasteiger partial charge in [-0.1, -0.05) is 40.6 Å². The summed E-state index contributed by atoms with van der Waals surface area (Å²) in [6.07, 6.45) is 1.58. The molecule has 8 heteroatoms. The molecule has 1 aromatic heterocycles. The van der Waals surface area contributed by atoms with Crippen LogP contribution in [0, 0.1) is 0 Å². The standard InChI is InChI=1S/C15H11Cl2N3O2S/c1-20(2)15-19-12(17)11(23-15)7-10-14(21)22-13(18-10)8-4-3-5-9(16)6-8/h3-7H,1-2H3. The highest BCUT2D eigenvalue weighted by Crippen LogP contribution is 2.31. The van der Waals surface area contributed by atoms with E-state index in [1.807, 2.05) is 19.0 Å². The molecule has 2 heterocycles. The average Bonchev–Trinajstić information content (AvgIpc) is 3.04. The lowest BCUT2D eigenvalue weighted by Gasteiger charge is -2.04. The van der Waals surface area contributed by atoms with E-state index in [0.29, 0.717) is 20.6 Å². The summed E-state index contributed by atoms with van der Waals surface area (Å²) in [6.45, 7) is 0. The van der Waals surface area contributed by atoms with Crippen LogP contribution >= 0.6 is 34.5 Å². The number of anilines is 1. The zero-order chi connectivity index (χ0) is 16.6. The van der Waals surface area contributed by atoms with Crippen molar-refractivity contribution >= 4 is 57.6 Å². The number of carbonyl (C=O) groups is 1. The van der Waals surface area contributed by atoms with Gasteiger partial charge in [0.2, 0.25) is 5.90 Å². The van der Waals surface area contributed by atoms with Gasteiger partial charge in [-0.3, -0.25) is 0 Å². The quantitative estimate of drug-likeness (QED) is 0.610. The highest BCUT2D eigenvalue weighted by molar-refractivity contribution is 7.17. The monoisotopic (exact) mass is 367 g/mol. The molecule has 0 saturated heterocycles. The SMILES string of the molecule is CN(C)c1nc(Cl)c(C=C2N=C(c3cccc(Cl)c3)OC2=O)s1. The van der Waals surface area contributed by atoms with Crippen LogP contribution in [0.5, 0.6) is 0 Å². The Morgan fingerprint density at radius 2 is 2.09 bits per heavy atom. The molecular formula is C15H11Cl2N3O2S. The second-order valence-electron chi connectivity index (χ2n) is 4.89. The molecule has 0 fully saturated rings. The van der Waals surface area contributed by atoms with Crippen molar-refractivity contribution in [2.75, 3.05) is 19.0 Å². The number of carbonyl (C=O) groups excluding carboxylic acids is 1. The van der Waals surface area contributed by atoms with Crippen molar-refractivity contribution in [3.8, 4) is 0 Å². The lowest BCUT2D eigenvalue weighted by atomic mass is 10.2. The van der Waals surface area contributed by atoms with Crippen molar-refractivity contribution in [2.24, 2.45) is 4.99 Å². The second-order valence-corrected chi connectivity index (χ2v) is 6.70. The Morgan fingerprint density at radius 3 is 2.74 bits per heavy atom. The molecule has 0 amide bonds. The third-order valence-electron chi connectivity index (χ3n) is 2.94. The van der Waals surface area contributed by atoms with Gasteiger partial charge in [0, 0.05) is 24.7 Å². The summed E-state index contributed by atoms with van der Waals surface area (Å²) < 4.78 is 5.20. The smallest absolute Gasteiger partial charge is 0.363 e. The summed E-state index contributed by atoms with van der Waals surface area (Å²) in [4.78, 5) is 22.9. The predicted molar refractivity (Wildman–Crippen MR) is 93.5 cm³/mol. The number of hydrogen-bond acceptors (Lipinski definition) is 6. The Bertz CT molecular complexity index is 843. The number of rotatable bonds is 3. The maximum absolute atomic E-state index is 12.0. The van der Waals surface area contributed by atoms with Crippen LogP contribution in [0.2, 0.25) is 10.2 Å². The zero-order valence-corrected chi connectivity index (χ0v) is 14.5. The Labute approximate surface area is 146 Å². The van der Waals surface area contributed by atoms with E-state index >= 15 is 0 Å². The van der Waals surface area contributed by atoms with Crippen LogP contribution in [-0.4, -0.2) is 30.9 Å². The number of ether oxygens (including phenoxy) is 1. The molecule has 0 N–H and O–H groups in total. The molecule has 0 atom stereocenters. The molecule has 0 aliphatic carbocycles. The molecule has 0 spiro atoms. The third kappa shape index (κ3) is 3.39. The molecule has 3 rings (SSSR count). The highest BCUT2D eigenvalue weighted by atomic mass is 35.5. The van der Waals surface area contributed by atoms with Gasteiger partial charge in [-0.05, 0) is 24.3 Å². The molecule has 5 nitrogen and oxygen atoms in total. The van der Waals surface area contributed by atoms with Gasteiger partial charge in [0.1, 0.15) is 5.15 Å². The lowest BCUT2D eigenvalue weighted by Crippen LogP contribution is -2.07. The highest BCUT2D eigenvalue weighted by Gasteiger charge is 2.25. The molecule has 1 aromatic carbocycles. The van der Waals surface area contributed by atoms with Crippen LogP contribution in [0.15, 0.2) is 35.0 Å². The second kappa shape index (κ2) is 6.31. The number of halogens is 2. The summed E-state index contributed by atoms with van der Waals surface area (Å²) in [5.74, 6) is -0.312. The van der Waals surface area contributed by atoms with E-state index in [1.54, 1.807) is 30.3 Å². The first kappa shape index (κ1) is 16.0. The Hall–Kier alpha value is -1.89. The van der Waals surface area contributed by atoms with Crippen molar-refractivity contribution in [1.82, 2.24) is 4.98 Å². The topological polar surface area (TPSA) is 54.8 Å². The fraction of sp³-hybridized carbons (Fsp3) is 0.133. The number of cyclic esters (lactones) is 1. The van der Waals surface area contributed by atoms with Crippen LogP contribution in [0.3, 0.4) is 0 Å². The number of thiazole rings is 1. The van der Waals surface area contributed by atoms with Crippen molar-refractivity contribution in [3.05, 3.63) is 50.6 Å². The van der Waals surface area contributed by atoms with Crippen LogP contribution in [0.25, 0.3) is 6.08 Å². The average molecular weight is 368 g/mol. The first-order chi connectivity index (χ1) is 10.9. The molecule has 0 unspecified atom stereocenters. The van der Waals surface area contributed by atoms with Crippen molar-refractivity contribution in [1.29, 1.82) is 0 Å². The molecular weight excluding hydrogens is 357 g/mol. The minimum absolute atomic E-state index is 0.177. The summed E-state index contributed by atoms with van der Waals surface area (Å²) in [6, 6.07) is 6.95. The van der Waals surface area contributed by atoms with Crippen molar-refractivity contribution < 1.29 is 9.53 Å². The number of aliphatic imine (C=N–C) groups is 1. The van der Waals surface area contributed by atoms with Crippen LogP contribution in [-0.2, 0) is 9.53 Å². The molecule has 1 aliphatic rings. The summed E-state index contributed by atoms with van der Waals surface area (Å²) in [7, 11) is 3.73. The van der Waals surface area contributed by atoms with Gasteiger partial charge in [0.05, 0.1) is 4.88 Å². The van der Waals surface area contributed by atoms with Gasteiger partial charge in [-0.2, -0.15) is 0 Å². The normalized spacial score (nSPS) is 15.7. The van der Waals surface area contributed by atoms with Gasteiger partial charge >= 0.3 is 5.97 Å². The minimum Gasteiger partial charge on any atom is -0.402 e. The largest absolute Gasteiger partial charge is 0.402 e. The van der Waals surface area contributed by atoms with Crippen molar-refractivity contribution in [2.45, 2.75) is 0 Å². The van der Waals surface area contributed by atoms with Crippen LogP contribution in [0.1, 0.15) is 10.4 Å². The van der Waals surface area contributed by atoms with E-state index in [1.165, 1.54) is 11.3 Å². The molecule has 23 heavy (non-hydrogen) atoms. The van der Waals surface area contributed by atoms with Crippen LogP contribution in [0.4, 0.5) is 5.13 Å². The molecule has 118 valence electrons. The lowest BCUT2D eigenvalue weighted by molar-refractivity contribution is -0.129. The van der Waals surface area contributed by atoms with Crippen LogP contribution < -0.4 is 4.90 Å². The molecule has 1 aliphatic heterocycles. The number of hydrogen-bond donors (Lipinski definition) is 0. The van der Waals surface area contributed by atoms with E-state index in [0.717, 1.165) is 5.13 Å². The molecule has 0 saturated carbocycles. The fourth-order valence-electron chi connectivity index (χ4n) is 1.86. The predicted octanol–water partition coefficient (Wildman–Crippen LogP) is 3.86. The minimum atomic E-state index is -0.532. The third-order valence-corrected chi connectivity index (χ3v) is 4.75. The maximum Gasteiger partial charge on any atom is 0.363 e. The van der Waals surface area contributed by atoms with E-state index < -0.39 is 5.97 Å². The molecule has 2 aromatic rings. The summed E-state index contributed by atoms with van der Waals surface area (Å²) in [5.41, 5.74) is 0.814. The number of aromatic nitrogens is 1. The Morgan fingerprint density at radius 1 is 1.30 bits per heavy atom. The van der Waals surface area contributed by atoms with Gasteiger partial charge in [0.25, 0.3) is 0 Å². The fourth-order valence-corrected chi connectivity index (χ4v) is 3.17.